The third-order valence-corrected chi connectivity index (χ3v) is 5.96. The van der Waals surface area contributed by atoms with E-state index in [0.29, 0.717) is 12.4 Å². The number of anilines is 2. The number of carbonyl (C=O) groups is 1. The largest absolute Gasteiger partial charge is 0.494 e. The minimum absolute atomic E-state index is 0.0272. The molecule has 0 fully saturated rings. The number of nitrogens with zero attached hydrogens (tertiary/aromatic N) is 3. The van der Waals surface area contributed by atoms with Crippen LogP contribution in [-0.2, 0) is 6.42 Å². The number of thiophene rings is 1. The van der Waals surface area contributed by atoms with Gasteiger partial charge in [0.2, 0.25) is 0 Å². The number of hydrogen-bond acceptors (Lipinski definition) is 6. The van der Waals surface area contributed by atoms with Crippen molar-refractivity contribution in [1.82, 2.24) is 14.8 Å². The summed E-state index contributed by atoms with van der Waals surface area (Å²) < 4.78 is 7.54. The van der Waals surface area contributed by atoms with Gasteiger partial charge in [-0.1, -0.05) is 32.9 Å². The van der Waals surface area contributed by atoms with Crippen LogP contribution in [0.2, 0.25) is 0 Å². The zero-order valence-corrected chi connectivity index (χ0v) is 20.5. The molecule has 34 heavy (non-hydrogen) atoms. The Morgan fingerprint density at radius 3 is 2.68 bits per heavy atom. The van der Waals surface area contributed by atoms with Crippen LogP contribution in [0.5, 0.6) is 5.75 Å². The summed E-state index contributed by atoms with van der Waals surface area (Å²) in [5, 5.41) is 19.7. The molecule has 0 aliphatic heterocycles. The maximum absolute atomic E-state index is 12.0. The van der Waals surface area contributed by atoms with Crippen LogP contribution < -0.4 is 10.1 Å². The molecule has 8 heteroatoms. The van der Waals surface area contributed by atoms with Crippen molar-refractivity contribution in [3.05, 3.63) is 71.4 Å². The highest BCUT2D eigenvalue weighted by Gasteiger charge is 2.20. The first-order valence-corrected chi connectivity index (χ1v) is 12.0. The Bertz CT molecular complexity index is 1290. The molecule has 0 unspecified atom stereocenters. The van der Waals surface area contributed by atoms with E-state index < -0.39 is 5.97 Å². The van der Waals surface area contributed by atoms with Gasteiger partial charge < -0.3 is 15.2 Å². The van der Waals surface area contributed by atoms with Gasteiger partial charge in [-0.2, -0.15) is 0 Å². The second-order valence-corrected chi connectivity index (χ2v) is 10.1. The second-order valence-electron chi connectivity index (χ2n) is 9.13. The lowest BCUT2D eigenvalue weighted by Crippen LogP contribution is -2.13. The van der Waals surface area contributed by atoms with E-state index >= 15 is 0 Å². The van der Waals surface area contributed by atoms with Crippen LogP contribution in [-0.4, -0.2) is 32.4 Å². The molecular weight excluding hydrogens is 448 g/mol. The second kappa shape index (κ2) is 9.69. The number of hydrogen-bond donors (Lipinski definition) is 2. The Hall–Kier alpha value is -3.65. The van der Waals surface area contributed by atoms with Crippen molar-refractivity contribution in [1.29, 1.82) is 0 Å². The van der Waals surface area contributed by atoms with Crippen molar-refractivity contribution in [2.45, 2.75) is 34.1 Å². The van der Waals surface area contributed by atoms with Gasteiger partial charge in [0.25, 0.3) is 0 Å². The number of aromatic nitrogens is 3. The summed E-state index contributed by atoms with van der Waals surface area (Å²) in [7, 11) is 0. The number of ether oxygens (including phenoxy) is 1. The summed E-state index contributed by atoms with van der Waals surface area (Å²) in [6, 6.07) is 15.2. The standard InChI is InChI=1S/C26H28N4O3S/c1-5-33-20-9-6-8-18(13-20)30-19(15-26(2,3)4)14-23(29-30)28-24-21(25(31)32)12-17(16-27-24)22-10-7-11-34-22/h6-14,16H,5,15H2,1-4H3,(H,31,32)(H,27,28,29). The Morgan fingerprint density at radius 2 is 2.00 bits per heavy atom. The maximum atomic E-state index is 12.0. The number of carboxylic acid groups (broad SMARTS) is 1. The lowest BCUT2D eigenvalue weighted by atomic mass is 9.90. The van der Waals surface area contributed by atoms with Gasteiger partial charge in [-0.3, -0.25) is 0 Å². The van der Waals surface area contributed by atoms with Crippen LogP contribution in [0.1, 0.15) is 43.7 Å². The number of benzene rings is 1. The molecule has 176 valence electrons. The van der Waals surface area contributed by atoms with Crippen LogP contribution in [0.4, 0.5) is 11.6 Å². The van der Waals surface area contributed by atoms with Crippen molar-refractivity contribution in [3.8, 4) is 21.9 Å². The predicted octanol–water partition coefficient (Wildman–Crippen LogP) is 6.42. The van der Waals surface area contributed by atoms with Gasteiger partial charge in [-0.15, -0.1) is 16.4 Å². The monoisotopic (exact) mass is 476 g/mol. The Labute approximate surface area is 203 Å². The summed E-state index contributed by atoms with van der Waals surface area (Å²) in [6.45, 7) is 9.03. The highest BCUT2D eigenvalue weighted by molar-refractivity contribution is 7.13. The third-order valence-electron chi connectivity index (χ3n) is 5.04. The van der Waals surface area contributed by atoms with Crippen LogP contribution in [0.25, 0.3) is 16.1 Å². The van der Waals surface area contributed by atoms with E-state index in [0.717, 1.165) is 34.0 Å². The van der Waals surface area contributed by atoms with E-state index in [2.05, 4.69) is 31.1 Å². The normalized spacial score (nSPS) is 11.4. The molecule has 7 nitrogen and oxygen atoms in total. The fourth-order valence-electron chi connectivity index (χ4n) is 3.67. The van der Waals surface area contributed by atoms with Crippen molar-refractivity contribution < 1.29 is 14.6 Å². The van der Waals surface area contributed by atoms with Crippen molar-refractivity contribution >= 4 is 28.9 Å². The van der Waals surface area contributed by atoms with Gasteiger partial charge in [-0.25, -0.2) is 14.5 Å². The van der Waals surface area contributed by atoms with Crippen molar-refractivity contribution in [3.63, 3.8) is 0 Å². The molecule has 0 saturated carbocycles. The van der Waals surface area contributed by atoms with Crippen LogP contribution >= 0.6 is 11.3 Å². The van der Waals surface area contributed by atoms with Gasteiger partial charge in [0.15, 0.2) is 5.82 Å². The third kappa shape index (κ3) is 5.46. The zero-order valence-electron chi connectivity index (χ0n) is 19.7. The fourth-order valence-corrected chi connectivity index (χ4v) is 4.38. The number of carboxylic acids is 1. The molecule has 0 amide bonds. The Morgan fingerprint density at radius 1 is 1.18 bits per heavy atom. The van der Waals surface area contributed by atoms with Gasteiger partial charge in [0, 0.05) is 34.5 Å². The zero-order chi connectivity index (χ0) is 24.3. The number of pyridine rings is 1. The number of rotatable bonds is 8. The summed E-state index contributed by atoms with van der Waals surface area (Å²) in [5.74, 6) is 0.501. The highest BCUT2D eigenvalue weighted by Crippen LogP contribution is 2.30. The minimum atomic E-state index is -1.05. The molecule has 0 radical (unpaired) electrons. The summed E-state index contributed by atoms with van der Waals surface area (Å²) in [6.07, 6.45) is 2.45. The molecule has 3 heterocycles. The lowest BCUT2D eigenvalue weighted by molar-refractivity contribution is 0.0697. The fraction of sp³-hybridized carbons (Fsp3) is 0.269. The predicted molar refractivity (Wildman–Crippen MR) is 136 cm³/mol. The van der Waals surface area contributed by atoms with Gasteiger partial charge in [0.05, 0.1) is 12.3 Å². The number of nitrogens with one attached hydrogen (secondary N) is 1. The molecule has 4 aromatic rings. The molecule has 0 spiro atoms. The summed E-state index contributed by atoms with van der Waals surface area (Å²) in [4.78, 5) is 17.4. The molecule has 4 rings (SSSR count). The first kappa shape index (κ1) is 23.5. The van der Waals surface area contributed by atoms with E-state index in [1.165, 1.54) is 11.3 Å². The molecule has 2 N–H and O–H groups in total. The smallest absolute Gasteiger partial charge is 0.339 e. The van der Waals surface area contributed by atoms with E-state index in [-0.39, 0.29) is 16.8 Å². The molecule has 0 saturated heterocycles. The topological polar surface area (TPSA) is 89.3 Å². The Balaban J connectivity index is 1.72. The summed E-state index contributed by atoms with van der Waals surface area (Å²) in [5.41, 5.74) is 2.76. The minimum Gasteiger partial charge on any atom is -0.494 e. The van der Waals surface area contributed by atoms with Crippen molar-refractivity contribution in [2.75, 3.05) is 11.9 Å². The molecule has 0 bridgehead atoms. The molecular formula is C26H28N4O3S. The Kier molecular flexibility index (Phi) is 6.70. The number of aromatic carboxylic acids is 1. The van der Waals surface area contributed by atoms with Crippen LogP contribution in [0.3, 0.4) is 0 Å². The molecule has 0 atom stereocenters. The van der Waals surface area contributed by atoms with Crippen LogP contribution in [0.15, 0.2) is 60.1 Å². The molecule has 0 aliphatic carbocycles. The average Bonchev–Trinajstić information content (AvgIpc) is 3.44. The van der Waals surface area contributed by atoms with Gasteiger partial charge in [0.1, 0.15) is 17.1 Å². The van der Waals surface area contributed by atoms with E-state index in [1.54, 1.807) is 12.3 Å². The molecule has 1 aromatic carbocycles. The summed E-state index contributed by atoms with van der Waals surface area (Å²) >= 11 is 1.54. The molecule has 3 aromatic heterocycles. The highest BCUT2D eigenvalue weighted by atomic mass is 32.1. The van der Waals surface area contributed by atoms with Gasteiger partial charge in [-0.05, 0) is 48.4 Å². The lowest BCUT2D eigenvalue weighted by Gasteiger charge is -2.19. The first-order chi connectivity index (χ1) is 16.2. The van der Waals surface area contributed by atoms with Gasteiger partial charge >= 0.3 is 5.97 Å². The van der Waals surface area contributed by atoms with Crippen LogP contribution in [0, 0.1) is 5.41 Å². The maximum Gasteiger partial charge on any atom is 0.339 e. The average molecular weight is 477 g/mol. The SMILES string of the molecule is CCOc1cccc(-n2nc(Nc3ncc(-c4cccs4)cc3C(=O)O)cc2CC(C)(C)C)c1. The van der Waals surface area contributed by atoms with E-state index in [1.807, 2.05) is 59.5 Å². The molecule has 0 aliphatic rings. The first-order valence-electron chi connectivity index (χ1n) is 11.1. The van der Waals surface area contributed by atoms with Crippen molar-refractivity contribution in [2.24, 2.45) is 5.41 Å². The van der Waals surface area contributed by atoms with E-state index in [4.69, 9.17) is 9.84 Å². The van der Waals surface area contributed by atoms with E-state index in [9.17, 15) is 9.90 Å². The quantitative estimate of drug-likeness (QED) is 0.305.